The summed E-state index contributed by atoms with van der Waals surface area (Å²) in [5.41, 5.74) is 6.94. The third kappa shape index (κ3) is 4.02. The van der Waals surface area contributed by atoms with Crippen LogP contribution in [0.5, 0.6) is 0 Å². The highest BCUT2D eigenvalue weighted by molar-refractivity contribution is 7.09. The number of imide groups is 1. The maximum Gasteiger partial charge on any atom is 0.340 e. The third-order valence-electron chi connectivity index (χ3n) is 3.59. The number of nitrogens with one attached hydrogen (secondary N) is 1. The van der Waals surface area contributed by atoms with Gasteiger partial charge in [0.2, 0.25) is 0 Å². The first-order valence-electron chi connectivity index (χ1n) is 7.30. The van der Waals surface area contributed by atoms with Crippen LogP contribution in [0.25, 0.3) is 0 Å². The highest BCUT2D eigenvalue weighted by Crippen LogP contribution is 2.20. The number of carbonyl (C=O) groups excluding carboxylic acids is 3. The van der Waals surface area contributed by atoms with Gasteiger partial charge in [0.15, 0.2) is 6.10 Å². The van der Waals surface area contributed by atoms with E-state index in [0.717, 1.165) is 11.4 Å². The van der Waals surface area contributed by atoms with Crippen molar-refractivity contribution < 1.29 is 19.1 Å². The molecule has 2 heterocycles. The molecule has 0 saturated carbocycles. The Kier molecular flexibility index (Phi) is 5.40. The van der Waals surface area contributed by atoms with E-state index in [4.69, 9.17) is 10.5 Å². The quantitative estimate of drug-likeness (QED) is 0.805. The molecule has 0 spiro atoms. The van der Waals surface area contributed by atoms with Crippen molar-refractivity contribution in [3.63, 3.8) is 0 Å². The van der Waals surface area contributed by atoms with E-state index < -0.39 is 24.0 Å². The van der Waals surface area contributed by atoms with Crippen LogP contribution in [0.4, 0.5) is 4.79 Å². The summed E-state index contributed by atoms with van der Waals surface area (Å²) in [6.07, 6.45) is -1.12. The first-order valence-corrected chi connectivity index (χ1v) is 8.18. The van der Waals surface area contributed by atoms with E-state index in [1.165, 1.54) is 11.8 Å². The molecule has 128 valence electrons. The van der Waals surface area contributed by atoms with E-state index in [1.807, 2.05) is 41.2 Å². The van der Waals surface area contributed by atoms with Crippen molar-refractivity contribution in [1.29, 1.82) is 0 Å². The Balaban J connectivity index is 2.13. The molecule has 7 nitrogen and oxygen atoms in total. The fourth-order valence-electron chi connectivity index (χ4n) is 2.31. The standard InChI is InChI=1S/C16H19N3O4S/c1-9-7-13(10(2)19(9)8-12-5-4-6-24-12)15(21)23-11(3)14(20)18-16(17)22/h4-7,11H,8H2,1-3H3,(H3,17,18,20,22)/t11-/m0/s1. The zero-order valence-corrected chi connectivity index (χ0v) is 14.5. The summed E-state index contributed by atoms with van der Waals surface area (Å²) in [5.74, 6) is -1.38. The normalized spacial score (nSPS) is 11.8. The lowest BCUT2D eigenvalue weighted by atomic mass is 10.2. The van der Waals surface area contributed by atoms with Crippen LogP contribution in [0.3, 0.4) is 0 Å². The Morgan fingerprint density at radius 3 is 2.67 bits per heavy atom. The molecule has 3 N–H and O–H groups in total. The SMILES string of the molecule is Cc1cc(C(=O)O[C@@H](C)C(=O)NC(N)=O)c(C)n1Cc1cccs1. The molecule has 0 aliphatic heterocycles. The largest absolute Gasteiger partial charge is 0.449 e. The minimum atomic E-state index is -1.12. The van der Waals surface area contributed by atoms with Gasteiger partial charge in [-0.1, -0.05) is 6.07 Å². The van der Waals surface area contributed by atoms with Gasteiger partial charge < -0.3 is 15.0 Å². The maximum atomic E-state index is 12.3. The third-order valence-corrected chi connectivity index (χ3v) is 4.45. The summed E-state index contributed by atoms with van der Waals surface area (Å²) in [6, 6.07) is 4.74. The molecule has 24 heavy (non-hydrogen) atoms. The van der Waals surface area contributed by atoms with Gasteiger partial charge in [-0.25, -0.2) is 9.59 Å². The molecule has 0 radical (unpaired) electrons. The molecular formula is C16H19N3O4S. The van der Waals surface area contributed by atoms with Gasteiger partial charge in [-0.3, -0.25) is 10.1 Å². The van der Waals surface area contributed by atoms with Gasteiger partial charge in [-0.15, -0.1) is 11.3 Å². The summed E-state index contributed by atoms with van der Waals surface area (Å²) in [4.78, 5) is 35.7. The van der Waals surface area contributed by atoms with E-state index in [9.17, 15) is 14.4 Å². The molecule has 1 atom stereocenters. The molecule has 2 aromatic heterocycles. The van der Waals surface area contributed by atoms with Crippen LogP contribution in [-0.2, 0) is 16.1 Å². The molecule has 0 saturated heterocycles. The van der Waals surface area contributed by atoms with E-state index in [2.05, 4.69) is 0 Å². The van der Waals surface area contributed by atoms with Crippen molar-refractivity contribution in [2.45, 2.75) is 33.4 Å². The number of primary amides is 1. The van der Waals surface area contributed by atoms with Crippen LogP contribution in [0.2, 0.25) is 0 Å². The highest BCUT2D eigenvalue weighted by atomic mass is 32.1. The Morgan fingerprint density at radius 2 is 2.08 bits per heavy atom. The first kappa shape index (κ1) is 17.7. The number of hydrogen-bond acceptors (Lipinski definition) is 5. The van der Waals surface area contributed by atoms with Crippen molar-refractivity contribution >= 4 is 29.2 Å². The van der Waals surface area contributed by atoms with Gasteiger partial charge in [0.05, 0.1) is 12.1 Å². The number of urea groups is 1. The van der Waals surface area contributed by atoms with Crippen molar-refractivity contribution in [3.05, 3.63) is 45.4 Å². The van der Waals surface area contributed by atoms with E-state index >= 15 is 0 Å². The smallest absolute Gasteiger partial charge is 0.340 e. The van der Waals surface area contributed by atoms with Crippen molar-refractivity contribution in [1.82, 2.24) is 9.88 Å². The average molecular weight is 349 g/mol. The second-order valence-corrected chi connectivity index (χ2v) is 6.38. The van der Waals surface area contributed by atoms with Crippen LogP contribution in [0.15, 0.2) is 23.6 Å². The predicted octanol–water partition coefficient (Wildman–Crippen LogP) is 1.95. The first-order chi connectivity index (χ1) is 11.3. The molecule has 0 bridgehead atoms. The number of esters is 1. The van der Waals surface area contributed by atoms with Crippen molar-refractivity contribution in [2.24, 2.45) is 5.73 Å². The lowest BCUT2D eigenvalue weighted by Crippen LogP contribution is -2.42. The maximum absolute atomic E-state index is 12.3. The van der Waals surface area contributed by atoms with Gasteiger partial charge in [-0.05, 0) is 38.3 Å². The fraction of sp³-hybridized carbons (Fsp3) is 0.312. The number of aryl methyl sites for hydroxylation is 1. The van der Waals surface area contributed by atoms with Crippen molar-refractivity contribution in [3.8, 4) is 0 Å². The van der Waals surface area contributed by atoms with Gasteiger partial charge in [0, 0.05) is 16.3 Å². The molecule has 0 unspecified atom stereocenters. The van der Waals surface area contributed by atoms with Crippen LogP contribution >= 0.6 is 11.3 Å². The Labute approximate surface area is 143 Å². The summed E-state index contributed by atoms with van der Waals surface area (Å²) >= 11 is 1.64. The number of aromatic nitrogens is 1. The minimum Gasteiger partial charge on any atom is -0.449 e. The average Bonchev–Trinajstić information content (AvgIpc) is 3.10. The fourth-order valence-corrected chi connectivity index (χ4v) is 3.00. The Morgan fingerprint density at radius 1 is 1.38 bits per heavy atom. The van der Waals surface area contributed by atoms with Crippen LogP contribution in [0.1, 0.15) is 33.5 Å². The topological polar surface area (TPSA) is 103 Å². The molecule has 0 fully saturated rings. The monoisotopic (exact) mass is 349 g/mol. The Hall–Kier alpha value is -2.61. The molecule has 0 aromatic carbocycles. The molecule has 0 aliphatic rings. The number of carbonyl (C=O) groups is 3. The zero-order valence-electron chi connectivity index (χ0n) is 13.7. The molecule has 0 aliphatic carbocycles. The summed E-state index contributed by atoms with van der Waals surface area (Å²) < 4.78 is 7.12. The molecule has 2 aromatic rings. The van der Waals surface area contributed by atoms with Crippen LogP contribution < -0.4 is 11.1 Å². The molecule has 3 amide bonds. The van der Waals surface area contributed by atoms with Gasteiger partial charge >= 0.3 is 12.0 Å². The van der Waals surface area contributed by atoms with Gasteiger partial charge in [0.25, 0.3) is 5.91 Å². The van der Waals surface area contributed by atoms with E-state index in [-0.39, 0.29) is 0 Å². The van der Waals surface area contributed by atoms with Gasteiger partial charge in [-0.2, -0.15) is 0 Å². The predicted molar refractivity (Wildman–Crippen MR) is 89.9 cm³/mol. The summed E-state index contributed by atoms with van der Waals surface area (Å²) in [7, 11) is 0. The second kappa shape index (κ2) is 7.31. The van der Waals surface area contributed by atoms with Gasteiger partial charge in [0.1, 0.15) is 0 Å². The lowest BCUT2D eigenvalue weighted by Gasteiger charge is -2.12. The number of rotatable bonds is 5. The number of nitrogens with zero attached hydrogens (tertiary/aromatic N) is 1. The lowest BCUT2D eigenvalue weighted by molar-refractivity contribution is -0.127. The van der Waals surface area contributed by atoms with Crippen molar-refractivity contribution in [2.75, 3.05) is 0 Å². The Bertz CT molecular complexity index is 765. The molecule has 8 heteroatoms. The number of ether oxygens (including phenoxy) is 1. The minimum absolute atomic E-state index is 0.391. The number of thiophene rings is 1. The number of amides is 3. The number of nitrogens with two attached hydrogens (primary N) is 1. The summed E-state index contributed by atoms with van der Waals surface area (Å²) in [5, 5.41) is 3.88. The van der Waals surface area contributed by atoms with Crippen LogP contribution in [-0.4, -0.2) is 28.6 Å². The molecular weight excluding hydrogens is 330 g/mol. The van der Waals surface area contributed by atoms with E-state index in [1.54, 1.807) is 17.4 Å². The van der Waals surface area contributed by atoms with E-state index in [0.29, 0.717) is 12.1 Å². The second-order valence-electron chi connectivity index (χ2n) is 5.35. The highest BCUT2D eigenvalue weighted by Gasteiger charge is 2.23. The summed E-state index contributed by atoms with van der Waals surface area (Å²) in [6.45, 7) is 5.77. The number of hydrogen-bond donors (Lipinski definition) is 2. The van der Waals surface area contributed by atoms with Crippen LogP contribution in [0, 0.1) is 13.8 Å². The molecule has 2 rings (SSSR count). The zero-order chi connectivity index (χ0) is 17.9.